The van der Waals surface area contributed by atoms with Gasteiger partial charge in [-0.05, 0) is 41.3 Å². The Balaban J connectivity index is 2.18. The summed E-state index contributed by atoms with van der Waals surface area (Å²) in [7, 11) is -2.17. The van der Waals surface area contributed by atoms with Crippen molar-refractivity contribution in [3.63, 3.8) is 0 Å². The maximum absolute atomic E-state index is 13.7. The molecule has 0 amide bonds. The molecule has 0 spiro atoms. The van der Waals surface area contributed by atoms with E-state index in [9.17, 15) is 35.3 Å². The number of allylic oxidation sites excluding steroid dienone is 1. The molecule has 0 fully saturated rings. The third kappa shape index (κ3) is 9.24. The Morgan fingerprint density at radius 3 is 2.06 bits per heavy atom. The standard InChI is InChI=1S/C23H18Cl4F6O2S/c1-12(10-36(35)11-22(28,29)30)6-20(34)15-4-2-13(7-17(15)24)3-5-16(23(31,32)33)14-8-18(25)21(27)19(26)9-14/h2-5,7-9,12,16H,6,10-11H2,1H3/b5-3+/t12-,16?,36?/m0/s1. The van der Waals surface area contributed by atoms with Gasteiger partial charge in [0.2, 0.25) is 0 Å². The SMILES string of the molecule is C[C@@H](CC(=O)c1ccc(/C=C/C(c2cc(Cl)c(Cl)c(Cl)c2)C(F)(F)F)cc1Cl)CS(=O)CC(F)(F)F. The second-order valence-electron chi connectivity index (χ2n) is 8.01. The minimum absolute atomic E-state index is 0.0471. The largest absolute Gasteiger partial charge is 0.400 e. The second kappa shape index (κ2) is 12.5. The van der Waals surface area contributed by atoms with Gasteiger partial charge in [0.15, 0.2) is 5.78 Å². The zero-order valence-corrected chi connectivity index (χ0v) is 22.2. The highest BCUT2D eigenvalue weighted by molar-refractivity contribution is 7.85. The fraction of sp³-hybridized carbons (Fsp3) is 0.348. The van der Waals surface area contributed by atoms with E-state index in [0.29, 0.717) is 0 Å². The van der Waals surface area contributed by atoms with E-state index in [1.54, 1.807) is 0 Å². The van der Waals surface area contributed by atoms with Crippen LogP contribution in [0.15, 0.2) is 36.4 Å². The molecule has 13 heteroatoms. The van der Waals surface area contributed by atoms with Crippen LogP contribution in [-0.2, 0) is 10.8 Å². The molecule has 2 aromatic rings. The molecule has 0 heterocycles. The van der Waals surface area contributed by atoms with Crippen LogP contribution >= 0.6 is 46.4 Å². The van der Waals surface area contributed by atoms with Crippen LogP contribution in [0.2, 0.25) is 20.1 Å². The van der Waals surface area contributed by atoms with Gasteiger partial charge >= 0.3 is 12.4 Å². The quantitative estimate of drug-likeness (QED) is 0.160. The number of carbonyl (C=O) groups excluding carboxylic acids is 1. The van der Waals surface area contributed by atoms with Crippen LogP contribution in [0.5, 0.6) is 0 Å². The highest BCUT2D eigenvalue weighted by atomic mass is 35.5. The summed E-state index contributed by atoms with van der Waals surface area (Å²) in [4.78, 5) is 12.5. The minimum Gasteiger partial charge on any atom is -0.294 e. The van der Waals surface area contributed by atoms with Crippen molar-refractivity contribution in [3.8, 4) is 0 Å². The molecule has 2 aromatic carbocycles. The Hall–Kier alpha value is -1.26. The number of carbonyl (C=O) groups is 1. The predicted octanol–water partition coefficient (Wildman–Crippen LogP) is 9.18. The molecule has 198 valence electrons. The normalized spacial score (nSPS) is 15.2. The zero-order chi connectivity index (χ0) is 27.4. The molecule has 0 aliphatic carbocycles. The molecule has 0 aliphatic rings. The molecule has 0 N–H and O–H groups in total. The van der Waals surface area contributed by atoms with Gasteiger partial charge in [0.25, 0.3) is 0 Å². The van der Waals surface area contributed by atoms with Crippen molar-refractivity contribution in [3.05, 3.63) is 73.2 Å². The second-order valence-corrected chi connectivity index (χ2v) is 11.1. The lowest BCUT2D eigenvalue weighted by molar-refractivity contribution is -0.139. The Labute approximate surface area is 226 Å². The van der Waals surface area contributed by atoms with Gasteiger partial charge in [-0.1, -0.05) is 71.5 Å². The summed E-state index contributed by atoms with van der Waals surface area (Å²) in [6.45, 7) is 1.49. The van der Waals surface area contributed by atoms with Crippen molar-refractivity contribution in [2.45, 2.75) is 31.6 Å². The van der Waals surface area contributed by atoms with E-state index in [1.165, 1.54) is 25.1 Å². The van der Waals surface area contributed by atoms with E-state index < -0.39 is 46.5 Å². The number of benzene rings is 2. The van der Waals surface area contributed by atoms with Crippen LogP contribution in [0.25, 0.3) is 6.08 Å². The monoisotopic (exact) mass is 612 g/mol. The molecule has 2 nitrogen and oxygen atoms in total. The maximum atomic E-state index is 13.7. The highest BCUT2D eigenvalue weighted by Crippen LogP contribution is 2.41. The van der Waals surface area contributed by atoms with Crippen molar-refractivity contribution >= 4 is 69.1 Å². The predicted molar refractivity (Wildman–Crippen MR) is 133 cm³/mol. The fourth-order valence-electron chi connectivity index (χ4n) is 3.28. The lowest BCUT2D eigenvalue weighted by Gasteiger charge is -2.18. The topological polar surface area (TPSA) is 34.1 Å². The van der Waals surface area contributed by atoms with Crippen LogP contribution < -0.4 is 0 Å². The first-order valence-electron chi connectivity index (χ1n) is 10.1. The van der Waals surface area contributed by atoms with Crippen LogP contribution in [-0.4, -0.2) is 33.9 Å². The smallest absolute Gasteiger partial charge is 0.294 e. The Morgan fingerprint density at radius 2 is 1.56 bits per heavy atom. The number of alkyl halides is 6. The number of hydrogen-bond acceptors (Lipinski definition) is 2. The van der Waals surface area contributed by atoms with E-state index >= 15 is 0 Å². The van der Waals surface area contributed by atoms with E-state index in [0.717, 1.165) is 24.3 Å². The summed E-state index contributed by atoms with van der Waals surface area (Å²) in [6.07, 6.45) is -7.41. The Bertz CT molecular complexity index is 1140. The molecule has 3 atom stereocenters. The number of ketones is 1. The van der Waals surface area contributed by atoms with Crippen LogP contribution in [0, 0.1) is 5.92 Å². The van der Waals surface area contributed by atoms with Crippen LogP contribution in [0.4, 0.5) is 26.3 Å². The molecule has 0 radical (unpaired) electrons. The molecule has 2 unspecified atom stereocenters. The molecule has 0 aliphatic heterocycles. The number of Topliss-reactive ketones (excluding diaryl/α,β-unsaturated/α-hetero) is 1. The molecule has 36 heavy (non-hydrogen) atoms. The Kier molecular flexibility index (Phi) is 10.8. The summed E-state index contributed by atoms with van der Waals surface area (Å²) in [5.41, 5.74) is 0.0788. The first kappa shape index (κ1) is 31.0. The van der Waals surface area contributed by atoms with Crippen molar-refractivity contribution in [1.82, 2.24) is 0 Å². The zero-order valence-electron chi connectivity index (χ0n) is 18.3. The van der Waals surface area contributed by atoms with E-state index in [-0.39, 0.29) is 49.0 Å². The summed E-state index contributed by atoms with van der Waals surface area (Å²) < 4.78 is 89.7. The van der Waals surface area contributed by atoms with Gasteiger partial charge in [-0.3, -0.25) is 9.00 Å². The fourth-order valence-corrected chi connectivity index (χ4v) is 5.42. The molecule has 0 saturated carbocycles. The first-order valence-corrected chi connectivity index (χ1v) is 13.1. The van der Waals surface area contributed by atoms with Crippen LogP contribution in [0.3, 0.4) is 0 Å². The number of rotatable bonds is 9. The Morgan fingerprint density at radius 1 is 0.972 bits per heavy atom. The molecule has 2 rings (SSSR count). The molecule has 0 saturated heterocycles. The minimum atomic E-state index is -4.68. The lowest BCUT2D eigenvalue weighted by Crippen LogP contribution is -2.23. The van der Waals surface area contributed by atoms with Gasteiger partial charge in [0.05, 0.1) is 26.0 Å². The average molecular weight is 614 g/mol. The summed E-state index contributed by atoms with van der Waals surface area (Å²) in [5.74, 6) is -4.95. The lowest BCUT2D eigenvalue weighted by atomic mass is 9.96. The van der Waals surface area contributed by atoms with Gasteiger partial charge in [0, 0.05) is 28.5 Å². The van der Waals surface area contributed by atoms with Crippen molar-refractivity contribution in [1.29, 1.82) is 0 Å². The molecular formula is C23H18Cl4F6O2S. The van der Waals surface area contributed by atoms with Crippen molar-refractivity contribution in [2.24, 2.45) is 5.92 Å². The third-order valence-corrected chi connectivity index (χ3v) is 7.92. The van der Waals surface area contributed by atoms with E-state index in [2.05, 4.69) is 0 Å². The summed E-state index contributed by atoms with van der Waals surface area (Å²) in [6, 6.07) is 6.10. The van der Waals surface area contributed by atoms with Crippen molar-refractivity contribution < 1.29 is 35.3 Å². The van der Waals surface area contributed by atoms with Gasteiger partial charge < -0.3 is 0 Å². The van der Waals surface area contributed by atoms with E-state index in [4.69, 9.17) is 46.4 Å². The van der Waals surface area contributed by atoms with Crippen molar-refractivity contribution in [2.75, 3.05) is 11.5 Å². The summed E-state index contributed by atoms with van der Waals surface area (Å²) in [5, 5.41) is -0.389. The summed E-state index contributed by atoms with van der Waals surface area (Å²) >= 11 is 23.7. The molecule has 0 bridgehead atoms. The average Bonchev–Trinajstić information content (AvgIpc) is 2.69. The van der Waals surface area contributed by atoms with Gasteiger partial charge in [0.1, 0.15) is 5.75 Å². The first-order chi connectivity index (χ1) is 16.5. The molecular weight excluding hydrogens is 596 g/mol. The van der Waals surface area contributed by atoms with Crippen LogP contribution in [0.1, 0.15) is 40.7 Å². The third-order valence-electron chi connectivity index (χ3n) is 4.82. The molecule has 0 aromatic heterocycles. The van der Waals surface area contributed by atoms with E-state index in [1.807, 2.05) is 0 Å². The van der Waals surface area contributed by atoms with Gasteiger partial charge in [-0.15, -0.1) is 0 Å². The number of hydrogen-bond donors (Lipinski definition) is 0. The number of halogens is 10. The van der Waals surface area contributed by atoms with Gasteiger partial charge in [-0.25, -0.2) is 0 Å². The van der Waals surface area contributed by atoms with Gasteiger partial charge in [-0.2, -0.15) is 26.3 Å². The maximum Gasteiger partial charge on any atom is 0.400 e. The highest BCUT2D eigenvalue weighted by Gasteiger charge is 2.39.